The van der Waals surface area contributed by atoms with Crippen LogP contribution < -0.4 is 4.90 Å². The minimum Gasteiger partial charge on any atom is -0.354 e. The molecule has 2 heterocycles. The molecule has 1 fully saturated rings. The number of likely N-dealkylation sites (N-methyl/N-ethyl adjacent to an activating group) is 1. The van der Waals surface area contributed by atoms with Crippen LogP contribution in [0.4, 0.5) is 10.2 Å². The Morgan fingerprint density at radius 1 is 0.950 bits per heavy atom. The Morgan fingerprint density at radius 2 is 1.68 bits per heavy atom. The monoisotopic (exact) mass is 563 g/mol. The first-order valence-electron chi connectivity index (χ1n) is 14.0. The van der Waals surface area contributed by atoms with Crippen molar-refractivity contribution in [1.29, 1.82) is 0 Å². The Morgan fingerprint density at radius 3 is 2.35 bits per heavy atom. The van der Waals surface area contributed by atoms with Crippen LogP contribution in [-0.4, -0.2) is 66.2 Å². The van der Waals surface area contributed by atoms with Crippen LogP contribution in [0.3, 0.4) is 0 Å². The second-order valence-electron chi connectivity index (χ2n) is 10.5. The number of fused-ring (bicyclic) bond motifs is 1. The van der Waals surface area contributed by atoms with Crippen LogP contribution in [0.1, 0.15) is 38.4 Å². The molecule has 4 aromatic rings. The van der Waals surface area contributed by atoms with E-state index in [2.05, 4.69) is 16.7 Å². The number of nitrogens with zero attached hydrogens (tertiary/aromatic N) is 5. The summed E-state index contributed by atoms with van der Waals surface area (Å²) < 4.78 is 46.1. The van der Waals surface area contributed by atoms with Crippen molar-refractivity contribution < 1.29 is 12.8 Å². The third kappa shape index (κ3) is 5.50. The molecule has 0 unspecified atom stereocenters. The van der Waals surface area contributed by atoms with Gasteiger partial charge in [0.25, 0.3) is 0 Å². The highest BCUT2D eigenvalue weighted by molar-refractivity contribution is 7.89. The molecule has 3 aromatic carbocycles. The number of rotatable bonds is 9. The SMILES string of the molecule is CC[C@@H](C)N(Cc1c(C)nn(-c2cccc(F)c2)c1N1CCN(CC)CC1)S(=O)(=O)c1ccc2ccccc2c1. The van der Waals surface area contributed by atoms with Gasteiger partial charge in [-0.25, -0.2) is 17.5 Å². The predicted octanol–water partition coefficient (Wildman–Crippen LogP) is 5.60. The summed E-state index contributed by atoms with van der Waals surface area (Å²) in [4.78, 5) is 4.94. The molecule has 0 spiro atoms. The van der Waals surface area contributed by atoms with E-state index in [0.717, 1.165) is 60.6 Å². The lowest BCUT2D eigenvalue weighted by atomic mass is 10.1. The molecule has 0 amide bonds. The average Bonchev–Trinajstić information content (AvgIpc) is 3.30. The molecule has 0 saturated carbocycles. The molecule has 0 N–H and O–H groups in total. The third-order valence-electron chi connectivity index (χ3n) is 8.05. The Balaban J connectivity index is 1.60. The van der Waals surface area contributed by atoms with Gasteiger partial charge in [-0.3, -0.25) is 0 Å². The molecular weight excluding hydrogens is 525 g/mol. The van der Waals surface area contributed by atoms with Gasteiger partial charge in [0.2, 0.25) is 10.0 Å². The fraction of sp³-hybridized carbons (Fsp3) is 0.387. The first kappa shape index (κ1) is 28.3. The van der Waals surface area contributed by atoms with Gasteiger partial charge in [0.05, 0.1) is 16.3 Å². The van der Waals surface area contributed by atoms with Crippen molar-refractivity contribution in [2.45, 2.75) is 51.6 Å². The van der Waals surface area contributed by atoms with Crippen molar-refractivity contribution in [3.63, 3.8) is 0 Å². The summed E-state index contributed by atoms with van der Waals surface area (Å²) in [5.41, 5.74) is 2.20. The molecule has 1 saturated heterocycles. The topological polar surface area (TPSA) is 61.7 Å². The molecule has 0 radical (unpaired) electrons. The van der Waals surface area contributed by atoms with Crippen molar-refractivity contribution in [1.82, 2.24) is 19.0 Å². The maximum atomic E-state index is 14.3. The predicted molar refractivity (Wildman–Crippen MR) is 159 cm³/mol. The number of hydrogen-bond acceptors (Lipinski definition) is 5. The number of aryl methyl sites for hydroxylation is 1. The van der Waals surface area contributed by atoms with Crippen LogP contribution in [-0.2, 0) is 16.6 Å². The number of benzene rings is 3. The molecule has 40 heavy (non-hydrogen) atoms. The molecule has 5 rings (SSSR count). The Labute approximate surface area is 236 Å². The van der Waals surface area contributed by atoms with E-state index >= 15 is 0 Å². The fourth-order valence-electron chi connectivity index (χ4n) is 5.42. The molecule has 7 nitrogen and oxygen atoms in total. The number of sulfonamides is 1. The van der Waals surface area contributed by atoms with E-state index in [-0.39, 0.29) is 23.3 Å². The number of hydrogen-bond donors (Lipinski definition) is 0. The number of anilines is 1. The molecule has 0 aliphatic carbocycles. The van der Waals surface area contributed by atoms with Gasteiger partial charge in [-0.15, -0.1) is 0 Å². The van der Waals surface area contributed by atoms with Crippen molar-refractivity contribution in [2.75, 3.05) is 37.6 Å². The van der Waals surface area contributed by atoms with E-state index in [1.807, 2.05) is 57.2 Å². The van der Waals surface area contributed by atoms with E-state index < -0.39 is 10.0 Å². The van der Waals surface area contributed by atoms with Gasteiger partial charge in [0.15, 0.2) is 0 Å². The summed E-state index contributed by atoms with van der Waals surface area (Å²) in [5.74, 6) is 0.495. The largest absolute Gasteiger partial charge is 0.354 e. The van der Waals surface area contributed by atoms with Crippen LogP contribution >= 0.6 is 0 Å². The highest BCUT2D eigenvalue weighted by Gasteiger charge is 2.33. The molecular formula is C31H38FN5O2S. The van der Waals surface area contributed by atoms with E-state index in [1.54, 1.807) is 27.2 Å². The van der Waals surface area contributed by atoms with Gasteiger partial charge in [0.1, 0.15) is 11.6 Å². The molecule has 212 valence electrons. The number of piperazine rings is 1. The first-order valence-corrected chi connectivity index (χ1v) is 15.5. The Hall–Kier alpha value is -3.27. The van der Waals surface area contributed by atoms with Gasteiger partial charge < -0.3 is 9.80 Å². The first-order chi connectivity index (χ1) is 19.2. The van der Waals surface area contributed by atoms with Gasteiger partial charge in [-0.05, 0) is 67.9 Å². The highest BCUT2D eigenvalue weighted by atomic mass is 32.2. The maximum Gasteiger partial charge on any atom is 0.243 e. The van der Waals surface area contributed by atoms with Crippen molar-refractivity contribution in [2.24, 2.45) is 0 Å². The summed E-state index contributed by atoms with van der Waals surface area (Å²) in [7, 11) is -3.83. The normalized spacial score (nSPS) is 15.7. The van der Waals surface area contributed by atoms with Gasteiger partial charge in [-0.1, -0.05) is 50.2 Å². The van der Waals surface area contributed by atoms with Crippen LogP contribution in [0, 0.1) is 12.7 Å². The van der Waals surface area contributed by atoms with Crippen LogP contribution in [0.2, 0.25) is 0 Å². The van der Waals surface area contributed by atoms with E-state index in [9.17, 15) is 12.8 Å². The summed E-state index contributed by atoms with van der Waals surface area (Å²) >= 11 is 0. The molecule has 1 aromatic heterocycles. The highest BCUT2D eigenvalue weighted by Crippen LogP contribution is 2.33. The smallest absolute Gasteiger partial charge is 0.243 e. The Kier molecular flexibility index (Phi) is 8.26. The van der Waals surface area contributed by atoms with Crippen LogP contribution in [0.5, 0.6) is 0 Å². The average molecular weight is 564 g/mol. The van der Waals surface area contributed by atoms with Crippen LogP contribution in [0.15, 0.2) is 71.6 Å². The van der Waals surface area contributed by atoms with E-state index in [4.69, 9.17) is 5.10 Å². The number of halogens is 1. The lowest BCUT2D eigenvalue weighted by molar-refractivity contribution is 0.269. The van der Waals surface area contributed by atoms with E-state index in [0.29, 0.717) is 12.1 Å². The second kappa shape index (κ2) is 11.7. The number of aromatic nitrogens is 2. The fourth-order valence-corrected chi connectivity index (χ4v) is 7.13. The maximum absolute atomic E-state index is 14.3. The quantitative estimate of drug-likeness (QED) is 0.265. The second-order valence-corrected chi connectivity index (χ2v) is 12.4. The molecule has 1 atom stereocenters. The molecule has 1 aliphatic heterocycles. The van der Waals surface area contributed by atoms with Crippen molar-refractivity contribution in [3.05, 3.63) is 83.8 Å². The molecule has 0 bridgehead atoms. The lowest BCUT2D eigenvalue weighted by Gasteiger charge is -2.36. The zero-order valence-electron chi connectivity index (χ0n) is 23.7. The zero-order valence-corrected chi connectivity index (χ0v) is 24.5. The summed E-state index contributed by atoms with van der Waals surface area (Å²) in [6.07, 6.45) is 0.661. The molecule has 9 heteroatoms. The Bertz CT molecular complexity index is 1590. The van der Waals surface area contributed by atoms with Gasteiger partial charge in [0, 0.05) is 44.3 Å². The van der Waals surface area contributed by atoms with Gasteiger partial charge in [-0.2, -0.15) is 9.40 Å². The summed E-state index contributed by atoms with van der Waals surface area (Å²) in [6, 6.07) is 19.3. The lowest BCUT2D eigenvalue weighted by Crippen LogP contribution is -2.47. The van der Waals surface area contributed by atoms with Crippen LogP contribution in [0.25, 0.3) is 16.5 Å². The summed E-state index contributed by atoms with van der Waals surface area (Å²) in [5, 5.41) is 6.73. The minimum absolute atomic E-state index is 0.175. The zero-order chi connectivity index (χ0) is 28.4. The minimum atomic E-state index is -3.83. The van der Waals surface area contributed by atoms with E-state index in [1.165, 1.54) is 12.1 Å². The molecule has 1 aliphatic rings. The van der Waals surface area contributed by atoms with Crippen molar-refractivity contribution in [3.8, 4) is 5.69 Å². The third-order valence-corrected chi connectivity index (χ3v) is 10.0. The van der Waals surface area contributed by atoms with Crippen molar-refractivity contribution >= 4 is 26.6 Å². The standard InChI is InChI=1S/C31H38FN5O2S/c1-5-23(3)36(40(38,39)29-15-14-25-10-7-8-11-26(25)20-29)22-30-24(4)33-37(28-13-9-12-27(32)21-28)31(30)35-18-16-34(6-2)17-19-35/h7-15,20-21,23H,5-6,16-19,22H2,1-4H3/t23-/m1/s1. The van der Waals surface area contributed by atoms with Gasteiger partial charge >= 0.3 is 0 Å². The summed E-state index contributed by atoms with van der Waals surface area (Å²) in [6.45, 7) is 12.5.